The second kappa shape index (κ2) is 7.85. The summed E-state index contributed by atoms with van der Waals surface area (Å²) in [6, 6.07) is -0.158. The van der Waals surface area contributed by atoms with E-state index in [1.165, 1.54) is 24.6 Å². The Morgan fingerprint density at radius 3 is 2.81 bits per heavy atom. The Bertz CT molecular complexity index is 781. The van der Waals surface area contributed by atoms with E-state index in [4.69, 9.17) is 10.6 Å². The number of thiophene rings is 1. The van der Waals surface area contributed by atoms with E-state index in [1.54, 1.807) is 10.8 Å². The molecule has 1 saturated carbocycles. The van der Waals surface area contributed by atoms with Gasteiger partial charge in [-0.3, -0.25) is 19.7 Å². The van der Waals surface area contributed by atoms with Gasteiger partial charge in [0.1, 0.15) is 11.4 Å². The Hall–Kier alpha value is -2.43. The van der Waals surface area contributed by atoms with Crippen molar-refractivity contribution < 1.29 is 19.4 Å². The molecule has 0 atom stereocenters. The van der Waals surface area contributed by atoms with Crippen LogP contribution in [0, 0.1) is 0 Å². The van der Waals surface area contributed by atoms with Gasteiger partial charge in [0.05, 0.1) is 30.7 Å². The quantitative estimate of drug-likeness (QED) is 0.352. The number of aliphatic hydroxyl groups is 1. The fourth-order valence-corrected chi connectivity index (χ4v) is 3.75. The lowest BCUT2D eigenvalue weighted by Crippen LogP contribution is -2.48. The summed E-state index contributed by atoms with van der Waals surface area (Å²) in [6.45, 7) is 0. The summed E-state index contributed by atoms with van der Waals surface area (Å²) >= 11 is 1.34. The van der Waals surface area contributed by atoms with Gasteiger partial charge in [0, 0.05) is 16.8 Å². The van der Waals surface area contributed by atoms with Crippen LogP contribution < -0.4 is 15.9 Å². The smallest absolute Gasteiger partial charge is 0.288 e. The molecule has 3 rings (SSSR count). The topological polar surface area (TPSA) is 134 Å². The standard InChI is InChI=1S/C16H21N5O4S/c1-25-13-8-26-7-11(13)15(23)19-12-6-18-20-14(12)16(24)21(17)9-2-4-10(22)5-3-9/h6-10,22H,2-5,17H2,1H3,(H,18,20)(H,19,23). The number of carbonyl (C=O) groups excluding carboxylic acids is 2. The molecule has 26 heavy (non-hydrogen) atoms. The molecule has 2 aromatic heterocycles. The molecule has 9 nitrogen and oxygen atoms in total. The molecule has 0 spiro atoms. The highest BCUT2D eigenvalue weighted by molar-refractivity contribution is 7.08. The first-order valence-corrected chi connectivity index (χ1v) is 9.16. The molecule has 0 radical (unpaired) electrons. The highest BCUT2D eigenvalue weighted by atomic mass is 32.1. The van der Waals surface area contributed by atoms with Gasteiger partial charge in [-0.15, -0.1) is 11.3 Å². The minimum Gasteiger partial charge on any atom is -0.495 e. The molecule has 0 aliphatic heterocycles. The number of methoxy groups -OCH3 is 1. The number of hydrogen-bond donors (Lipinski definition) is 4. The Morgan fingerprint density at radius 1 is 1.38 bits per heavy atom. The number of rotatable bonds is 5. The van der Waals surface area contributed by atoms with E-state index in [-0.39, 0.29) is 23.5 Å². The highest BCUT2D eigenvalue weighted by Crippen LogP contribution is 2.26. The number of hydrazine groups is 1. The second-order valence-corrected chi connectivity index (χ2v) is 6.88. The Labute approximate surface area is 154 Å². The van der Waals surface area contributed by atoms with Crippen molar-refractivity contribution >= 4 is 28.8 Å². The van der Waals surface area contributed by atoms with E-state index in [9.17, 15) is 14.7 Å². The zero-order valence-corrected chi connectivity index (χ0v) is 15.1. The van der Waals surface area contributed by atoms with Gasteiger partial charge in [-0.25, -0.2) is 5.84 Å². The Balaban J connectivity index is 1.71. The van der Waals surface area contributed by atoms with Crippen molar-refractivity contribution in [1.82, 2.24) is 15.2 Å². The predicted molar refractivity (Wildman–Crippen MR) is 96.0 cm³/mol. The van der Waals surface area contributed by atoms with Gasteiger partial charge in [-0.2, -0.15) is 5.10 Å². The van der Waals surface area contributed by atoms with Gasteiger partial charge in [-0.05, 0) is 25.7 Å². The number of nitrogens with two attached hydrogens (primary N) is 1. The molecule has 1 aliphatic carbocycles. The molecule has 140 valence electrons. The molecule has 0 aromatic carbocycles. The Kier molecular flexibility index (Phi) is 5.55. The van der Waals surface area contributed by atoms with Crippen LogP contribution in [0.4, 0.5) is 5.69 Å². The molecule has 10 heteroatoms. The number of aliphatic hydroxyl groups excluding tert-OH is 1. The van der Waals surface area contributed by atoms with E-state index >= 15 is 0 Å². The Morgan fingerprint density at radius 2 is 2.12 bits per heavy atom. The summed E-state index contributed by atoms with van der Waals surface area (Å²) < 4.78 is 5.14. The molecule has 0 unspecified atom stereocenters. The van der Waals surface area contributed by atoms with E-state index in [2.05, 4.69) is 15.5 Å². The lowest BCUT2D eigenvalue weighted by molar-refractivity contribution is 0.0493. The maximum atomic E-state index is 12.7. The maximum Gasteiger partial charge on any atom is 0.288 e. The summed E-state index contributed by atoms with van der Waals surface area (Å²) in [7, 11) is 1.49. The van der Waals surface area contributed by atoms with Crippen LogP contribution >= 0.6 is 11.3 Å². The first-order valence-electron chi connectivity index (χ1n) is 8.22. The second-order valence-electron chi connectivity index (χ2n) is 6.14. The summed E-state index contributed by atoms with van der Waals surface area (Å²) in [5, 5.41) is 23.2. The number of aromatic amines is 1. The monoisotopic (exact) mass is 379 g/mol. The maximum absolute atomic E-state index is 12.7. The summed E-state index contributed by atoms with van der Waals surface area (Å²) in [5.74, 6) is 5.59. The van der Waals surface area contributed by atoms with E-state index in [0.717, 1.165) is 5.01 Å². The molecular weight excluding hydrogens is 358 g/mol. The molecular formula is C16H21N5O4S. The van der Waals surface area contributed by atoms with Crippen LogP contribution in [0.1, 0.15) is 46.5 Å². The average Bonchev–Trinajstić information content (AvgIpc) is 3.30. The fourth-order valence-electron chi connectivity index (χ4n) is 2.97. The van der Waals surface area contributed by atoms with Gasteiger partial charge in [0.25, 0.3) is 11.8 Å². The molecule has 1 aliphatic rings. The van der Waals surface area contributed by atoms with Gasteiger partial charge >= 0.3 is 0 Å². The molecule has 5 N–H and O–H groups in total. The minimum absolute atomic E-state index is 0.112. The molecule has 0 saturated heterocycles. The number of carbonyl (C=O) groups is 2. The summed E-state index contributed by atoms with van der Waals surface area (Å²) in [6.07, 6.45) is 3.50. The molecule has 1 fully saturated rings. The van der Waals surface area contributed by atoms with Crippen LogP contribution in [0.5, 0.6) is 5.75 Å². The van der Waals surface area contributed by atoms with Gasteiger partial charge in [-0.1, -0.05) is 0 Å². The third-order valence-electron chi connectivity index (χ3n) is 4.49. The van der Waals surface area contributed by atoms with Crippen LogP contribution in [0.3, 0.4) is 0 Å². The largest absolute Gasteiger partial charge is 0.495 e. The van der Waals surface area contributed by atoms with Crippen LogP contribution in [-0.4, -0.2) is 51.4 Å². The van der Waals surface area contributed by atoms with Crippen molar-refractivity contribution in [3.05, 3.63) is 28.2 Å². The number of nitrogens with zero attached hydrogens (tertiary/aromatic N) is 2. The lowest BCUT2D eigenvalue weighted by atomic mass is 9.92. The van der Waals surface area contributed by atoms with Crippen molar-refractivity contribution in [1.29, 1.82) is 0 Å². The number of anilines is 1. The van der Waals surface area contributed by atoms with Crippen molar-refractivity contribution in [3.8, 4) is 5.75 Å². The first-order chi connectivity index (χ1) is 12.5. The number of ether oxygens (including phenoxy) is 1. The molecule has 2 amide bonds. The lowest BCUT2D eigenvalue weighted by Gasteiger charge is -2.32. The van der Waals surface area contributed by atoms with Crippen LogP contribution in [-0.2, 0) is 0 Å². The highest BCUT2D eigenvalue weighted by Gasteiger charge is 2.29. The van der Waals surface area contributed by atoms with Crippen molar-refractivity contribution in [2.45, 2.75) is 37.8 Å². The normalized spacial score (nSPS) is 19.8. The van der Waals surface area contributed by atoms with Crippen molar-refractivity contribution in [3.63, 3.8) is 0 Å². The predicted octanol–water partition coefficient (Wildman–Crippen LogP) is 1.35. The third-order valence-corrected chi connectivity index (χ3v) is 5.21. The minimum atomic E-state index is -0.462. The van der Waals surface area contributed by atoms with Crippen LogP contribution in [0.2, 0.25) is 0 Å². The third kappa shape index (κ3) is 3.71. The van der Waals surface area contributed by atoms with Crippen molar-refractivity contribution in [2.75, 3.05) is 12.4 Å². The fraction of sp³-hybridized carbons (Fsp3) is 0.438. The number of amides is 2. The molecule has 2 aromatic rings. The van der Waals surface area contributed by atoms with Crippen LogP contribution in [0.15, 0.2) is 17.0 Å². The summed E-state index contributed by atoms with van der Waals surface area (Å²) in [5.41, 5.74) is 0.740. The average molecular weight is 379 g/mol. The van der Waals surface area contributed by atoms with Gasteiger partial charge < -0.3 is 15.2 Å². The molecule has 2 heterocycles. The van der Waals surface area contributed by atoms with Crippen LogP contribution in [0.25, 0.3) is 0 Å². The van der Waals surface area contributed by atoms with Gasteiger partial charge in [0.15, 0.2) is 0 Å². The summed E-state index contributed by atoms with van der Waals surface area (Å²) in [4.78, 5) is 25.1. The first kappa shape index (κ1) is 18.4. The van der Waals surface area contributed by atoms with E-state index in [1.807, 2.05) is 0 Å². The van der Waals surface area contributed by atoms with Crippen molar-refractivity contribution in [2.24, 2.45) is 5.84 Å². The number of hydrogen-bond acceptors (Lipinski definition) is 7. The van der Waals surface area contributed by atoms with E-state index < -0.39 is 11.8 Å². The number of aromatic nitrogens is 2. The number of H-pyrrole nitrogens is 1. The molecule has 0 bridgehead atoms. The zero-order chi connectivity index (χ0) is 18.7. The van der Waals surface area contributed by atoms with Gasteiger partial charge in [0.2, 0.25) is 0 Å². The SMILES string of the molecule is COc1cscc1C(=O)Nc1cn[nH]c1C(=O)N(N)C1CCC(O)CC1. The number of nitrogens with one attached hydrogen (secondary N) is 2. The zero-order valence-electron chi connectivity index (χ0n) is 14.3. The van der Waals surface area contributed by atoms with E-state index in [0.29, 0.717) is 37.0 Å².